The van der Waals surface area contributed by atoms with Crippen LogP contribution in [-0.4, -0.2) is 25.6 Å². The van der Waals surface area contributed by atoms with Crippen molar-refractivity contribution in [3.8, 4) is 0 Å². The third-order valence-corrected chi connectivity index (χ3v) is 5.39. The molecule has 1 N–H and O–H groups in total. The summed E-state index contributed by atoms with van der Waals surface area (Å²) in [7, 11) is -3.30. The minimum atomic E-state index is -3.30. The third-order valence-electron chi connectivity index (χ3n) is 3.34. The molecule has 0 atom stereocenters. The molecule has 0 unspecified atom stereocenters. The maximum absolute atomic E-state index is 13.6. The van der Waals surface area contributed by atoms with E-state index in [1.807, 2.05) is 0 Å². The maximum Gasteiger partial charge on any atom is 0.230 e. The maximum atomic E-state index is 13.6. The van der Waals surface area contributed by atoms with E-state index in [0.29, 0.717) is 20.9 Å². The zero-order valence-electron chi connectivity index (χ0n) is 12.6. The Kier molecular flexibility index (Phi) is 4.33. The van der Waals surface area contributed by atoms with E-state index in [0.717, 1.165) is 6.26 Å². The summed E-state index contributed by atoms with van der Waals surface area (Å²) in [6.45, 7) is 0. The van der Waals surface area contributed by atoms with Crippen molar-refractivity contribution in [1.82, 2.24) is 4.98 Å². The second-order valence-electron chi connectivity index (χ2n) is 5.24. The second-order valence-corrected chi connectivity index (χ2v) is 8.28. The Labute approximate surface area is 142 Å². The smallest absolute Gasteiger partial charge is 0.230 e. The van der Waals surface area contributed by atoms with Gasteiger partial charge in [0.2, 0.25) is 5.91 Å². The lowest BCUT2D eigenvalue weighted by atomic mass is 10.1. The average molecular weight is 364 g/mol. The van der Waals surface area contributed by atoms with E-state index < -0.39 is 15.7 Å². The minimum Gasteiger partial charge on any atom is -0.302 e. The number of aromatic nitrogens is 1. The number of sulfone groups is 1. The molecule has 0 bridgehead atoms. The highest BCUT2D eigenvalue weighted by molar-refractivity contribution is 7.90. The number of fused-ring (bicyclic) bond motifs is 1. The average Bonchev–Trinajstić information content (AvgIpc) is 2.89. The van der Waals surface area contributed by atoms with Gasteiger partial charge in [-0.15, -0.1) is 0 Å². The quantitative estimate of drug-likeness (QED) is 0.772. The number of rotatable bonds is 4. The fourth-order valence-corrected chi connectivity index (χ4v) is 3.81. The van der Waals surface area contributed by atoms with Gasteiger partial charge in [0.05, 0.1) is 21.5 Å². The summed E-state index contributed by atoms with van der Waals surface area (Å²) in [6.07, 6.45) is 1.03. The van der Waals surface area contributed by atoms with Gasteiger partial charge in [0, 0.05) is 6.26 Å². The van der Waals surface area contributed by atoms with E-state index in [1.165, 1.54) is 29.5 Å². The molecule has 0 aliphatic carbocycles. The summed E-state index contributed by atoms with van der Waals surface area (Å²) in [5.41, 5.74) is 0.893. The van der Waals surface area contributed by atoms with Crippen LogP contribution in [0.2, 0.25) is 0 Å². The molecule has 8 heteroatoms. The molecule has 0 aliphatic rings. The molecule has 1 heterocycles. The molecule has 0 saturated heterocycles. The van der Waals surface area contributed by atoms with Crippen LogP contribution in [0.25, 0.3) is 10.2 Å². The predicted octanol–water partition coefficient (Wildman–Crippen LogP) is 3.02. The summed E-state index contributed by atoms with van der Waals surface area (Å²) in [4.78, 5) is 16.5. The van der Waals surface area contributed by atoms with E-state index in [9.17, 15) is 17.6 Å². The summed E-state index contributed by atoms with van der Waals surface area (Å²) < 4.78 is 37.4. The normalized spacial score (nSPS) is 11.6. The molecule has 2 aromatic carbocycles. The fraction of sp³-hybridized carbons (Fsp3) is 0.125. The van der Waals surface area contributed by atoms with Crippen molar-refractivity contribution in [3.05, 3.63) is 53.8 Å². The van der Waals surface area contributed by atoms with Crippen LogP contribution in [0.4, 0.5) is 9.52 Å². The molecular weight excluding hydrogens is 351 g/mol. The first-order valence-electron chi connectivity index (χ1n) is 6.97. The van der Waals surface area contributed by atoms with Crippen LogP contribution < -0.4 is 5.32 Å². The number of thiazole rings is 1. The summed E-state index contributed by atoms with van der Waals surface area (Å²) >= 11 is 1.17. The summed E-state index contributed by atoms with van der Waals surface area (Å²) in [5.74, 6) is -0.822. The fourth-order valence-electron chi connectivity index (χ4n) is 2.17. The Bertz CT molecular complexity index is 1030. The number of hydrogen-bond donors (Lipinski definition) is 1. The standard InChI is InChI=1S/C16H13FN2O3S2/c1-24(21,22)11-6-7-13-14(9-11)23-16(18-13)19-15(20)8-10-4-2-3-5-12(10)17/h2-7,9H,8H2,1H3,(H,18,19,20). The van der Waals surface area contributed by atoms with Gasteiger partial charge in [0.15, 0.2) is 15.0 Å². The number of amides is 1. The third kappa shape index (κ3) is 3.60. The lowest BCUT2D eigenvalue weighted by Gasteiger charge is -2.02. The van der Waals surface area contributed by atoms with Crippen LogP contribution >= 0.6 is 11.3 Å². The zero-order valence-corrected chi connectivity index (χ0v) is 14.2. The van der Waals surface area contributed by atoms with Gasteiger partial charge in [-0.25, -0.2) is 17.8 Å². The molecule has 0 aliphatic heterocycles. The van der Waals surface area contributed by atoms with Crippen molar-refractivity contribution in [2.75, 3.05) is 11.6 Å². The van der Waals surface area contributed by atoms with Gasteiger partial charge in [-0.05, 0) is 29.8 Å². The highest BCUT2D eigenvalue weighted by atomic mass is 32.2. The molecule has 0 spiro atoms. The lowest BCUT2D eigenvalue weighted by molar-refractivity contribution is -0.115. The van der Waals surface area contributed by atoms with Crippen molar-refractivity contribution in [2.45, 2.75) is 11.3 Å². The van der Waals surface area contributed by atoms with Crippen LogP contribution in [0.3, 0.4) is 0 Å². The Balaban J connectivity index is 1.80. The van der Waals surface area contributed by atoms with E-state index in [-0.39, 0.29) is 17.2 Å². The Morgan fingerprint density at radius 1 is 1.25 bits per heavy atom. The number of nitrogens with one attached hydrogen (secondary N) is 1. The molecule has 24 heavy (non-hydrogen) atoms. The molecule has 3 rings (SSSR count). The van der Waals surface area contributed by atoms with Gasteiger partial charge in [-0.1, -0.05) is 29.5 Å². The highest BCUT2D eigenvalue weighted by Crippen LogP contribution is 2.28. The first-order chi connectivity index (χ1) is 11.3. The van der Waals surface area contributed by atoms with Gasteiger partial charge in [0.25, 0.3) is 0 Å². The van der Waals surface area contributed by atoms with Crippen molar-refractivity contribution in [2.24, 2.45) is 0 Å². The number of hydrogen-bond acceptors (Lipinski definition) is 5. The monoisotopic (exact) mass is 364 g/mol. The zero-order chi connectivity index (χ0) is 17.3. The number of halogens is 1. The molecule has 0 fully saturated rings. The van der Waals surface area contributed by atoms with Gasteiger partial charge in [-0.3, -0.25) is 4.79 Å². The first-order valence-corrected chi connectivity index (χ1v) is 9.67. The molecule has 0 saturated carbocycles. The molecule has 5 nitrogen and oxygen atoms in total. The SMILES string of the molecule is CS(=O)(=O)c1ccc2nc(NC(=O)Cc3ccccc3F)sc2c1. The van der Waals surface area contributed by atoms with Gasteiger partial charge in [-0.2, -0.15) is 0 Å². The lowest BCUT2D eigenvalue weighted by Crippen LogP contribution is -2.14. The predicted molar refractivity (Wildman–Crippen MR) is 91.5 cm³/mol. The number of carbonyl (C=O) groups is 1. The van der Waals surface area contributed by atoms with Crippen LogP contribution in [-0.2, 0) is 21.1 Å². The molecule has 1 aromatic heterocycles. The van der Waals surface area contributed by atoms with Crippen LogP contribution in [0.1, 0.15) is 5.56 Å². The largest absolute Gasteiger partial charge is 0.302 e. The number of carbonyl (C=O) groups excluding carboxylic acids is 1. The van der Waals surface area contributed by atoms with Crippen LogP contribution in [0.15, 0.2) is 47.4 Å². The van der Waals surface area contributed by atoms with Crippen molar-refractivity contribution < 1.29 is 17.6 Å². The van der Waals surface area contributed by atoms with Crippen LogP contribution in [0, 0.1) is 5.82 Å². The molecular formula is C16H13FN2O3S2. The van der Waals surface area contributed by atoms with Gasteiger partial charge >= 0.3 is 0 Å². The number of nitrogens with zero attached hydrogens (tertiary/aromatic N) is 1. The Hall–Kier alpha value is -2.32. The molecule has 3 aromatic rings. The Morgan fingerprint density at radius 3 is 2.71 bits per heavy atom. The minimum absolute atomic E-state index is 0.100. The van der Waals surface area contributed by atoms with Gasteiger partial charge in [0.1, 0.15) is 5.82 Å². The second kappa shape index (κ2) is 6.29. The van der Waals surface area contributed by atoms with Crippen molar-refractivity contribution in [3.63, 3.8) is 0 Å². The molecule has 1 amide bonds. The van der Waals surface area contributed by atoms with Crippen molar-refractivity contribution >= 4 is 42.4 Å². The van der Waals surface area contributed by atoms with Crippen molar-refractivity contribution in [1.29, 1.82) is 0 Å². The van der Waals surface area contributed by atoms with E-state index in [2.05, 4.69) is 10.3 Å². The number of benzene rings is 2. The summed E-state index contributed by atoms with van der Waals surface area (Å²) in [6, 6.07) is 10.7. The van der Waals surface area contributed by atoms with Gasteiger partial charge < -0.3 is 5.32 Å². The topological polar surface area (TPSA) is 76.1 Å². The van der Waals surface area contributed by atoms with E-state index >= 15 is 0 Å². The summed E-state index contributed by atoms with van der Waals surface area (Å²) in [5, 5.41) is 2.96. The van der Waals surface area contributed by atoms with Crippen LogP contribution in [0.5, 0.6) is 0 Å². The molecule has 0 radical (unpaired) electrons. The van der Waals surface area contributed by atoms with E-state index in [1.54, 1.807) is 24.3 Å². The van der Waals surface area contributed by atoms with E-state index in [4.69, 9.17) is 0 Å². The molecule has 124 valence electrons. The highest BCUT2D eigenvalue weighted by Gasteiger charge is 2.13. The number of anilines is 1. The Morgan fingerprint density at radius 2 is 2.00 bits per heavy atom. The first kappa shape index (κ1) is 16.5.